The highest BCUT2D eigenvalue weighted by molar-refractivity contribution is 5.01. The van der Waals surface area contributed by atoms with Gasteiger partial charge in [-0.05, 0) is 39.2 Å². The Balaban J connectivity index is 2.40. The maximum atomic E-state index is 8.88. The monoisotopic (exact) mass is 223 g/mol. The lowest BCUT2D eigenvalue weighted by molar-refractivity contribution is 0.134. The van der Waals surface area contributed by atoms with Crippen molar-refractivity contribution in [1.82, 2.24) is 4.90 Å². The molecule has 2 N–H and O–H groups in total. The molecule has 0 saturated heterocycles. The zero-order valence-corrected chi connectivity index (χ0v) is 10.9. The number of nitrogens with zero attached hydrogens (tertiary/aromatic N) is 2. The first-order valence-corrected chi connectivity index (χ1v) is 6.36. The summed E-state index contributed by atoms with van der Waals surface area (Å²) in [6.45, 7) is 5.08. The first-order valence-electron chi connectivity index (χ1n) is 6.36. The van der Waals surface area contributed by atoms with Crippen LogP contribution in [0.1, 0.15) is 46.0 Å². The van der Waals surface area contributed by atoms with Crippen molar-refractivity contribution < 1.29 is 0 Å². The quantitative estimate of drug-likeness (QED) is 0.794. The molecule has 0 aromatic rings. The summed E-state index contributed by atoms with van der Waals surface area (Å²) in [4.78, 5) is 2.40. The van der Waals surface area contributed by atoms with Crippen LogP contribution in [0.15, 0.2) is 0 Å². The Labute approximate surface area is 99.6 Å². The molecule has 1 aliphatic rings. The number of nitrogens with two attached hydrogens (primary N) is 1. The summed E-state index contributed by atoms with van der Waals surface area (Å²) in [7, 11) is 2.17. The van der Waals surface area contributed by atoms with Gasteiger partial charge in [-0.1, -0.05) is 19.8 Å². The van der Waals surface area contributed by atoms with Gasteiger partial charge in [0.2, 0.25) is 0 Å². The highest BCUT2D eigenvalue weighted by Gasteiger charge is 2.26. The first kappa shape index (κ1) is 13.5. The van der Waals surface area contributed by atoms with Crippen LogP contribution in [0.4, 0.5) is 0 Å². The third kappa shape index (κ3) is 3.77. The molecule has 0 bridgehead atoms. The Morgan fingerprint density at radius 1 is 1.44 bits per heavy atom. The fourth-order valence-electron chi connectivity index (χ4n) is 2.58. The van der Waals surface area contributed by atoms with Crippen LogP contribution in [0.2, 0.25) is 0 Å². The van der Waals surface area contributed by atoms with E-state index in [0.29, 0.717) is 6.04 Å². The Morgan fingerprint density at radius 2 is 2.06 bits per heavy atom. The van der Waals surface area contributed by atoms with Crippen LogP contribution in [0.25, 0.3) is 0 Å². The Hall–Kier alpha value is -0.590. The van der Waals surface area contributed by atoms with E-state index in [-0.39, 0.29) is 0 Å². The number of nitriles is 1. The Bertz CT molecular complexity index is 254. The van der Waals surface area contributed by atoms with E-state index in [4.69, 9.17) is 11.0 Å². The van der Waals surface area contributed by atoms with Crippen molar-refractivity contribution in [2.75, 3.05) is 13.6 Å². The summed E-state index contributed by atoms with van der Waals surface area (Å²) in [5, 5.41) is 8.88. The summed E-state index contributed by atoms with van der Waals surface area (Å²) < 4.78 is 0. The van der Waals surface area contributed by atoms with Gasteiger partial charge in [-0.15, -0.1) is 0 Å². The minimum absolute atomic E-state index is 0.674. The van der Waals surface area contributed by atoms with E-state index in [0.717, 1.165) is 18.9 Å². The van der Waals surface area contributed by atoms with Gasteiger partial charge in [-0.2, -0.15) is 5.26 Å². The number of rotatable bonds is 4. The predicted molar refractivity (Wildman–Crippen MR) is 66.9 cm³/mol. The molecule has 16 heavy (non-hydrogen) atoms. The molecule has 3 atom stereocenters. The minimum Gasteiger partial charge on any atom is -0.314 e. The topological polar surface area (TPSA) is 53.0 Å². The van der Waals surface area contributed by atoms with Gasteiger partial charge < -0.3 is 10.6 Å². The van der Waals surface area contributed by atoms with Crippen molar-refractivity contribution in [1.29, 1.82) is 5.26 Å². The zero-order valence-electron chi connectivity index (χ0n) is 10.9. The molecule has 0 aliphatic heterocycles. The average molecular weight is 223 g/mol. The van der Waals surface area contributed by atoms with Crippen LogP contribution in [0, 0.1) is 17.2 Å². The Kier molecular flexibility index (Phi) is 4.76. The van der Waals surface area contributed by atoms with Crippen molar-refractivity contribution >= 4 is 0 Å². The van der Waals surface area contributed by atoms with Crippen LogP contribution in [0.5, 0.6) is 0 Å². The van der Waals surface area contributed by atoms with Gasteiger partial charge >= 0.3 is 0 Å². The molecule has 1 fully saturated rings. The van der Waals surface area contributed by atoms with Crippen LogP contribution in [-0.2, 0) is 0 Å². The van der Waals surface area contributed by atoms with Crippen LogP contribution in [-0.4, -0.2) is 30.1 Å². The Morgan fingerprint density at radius 3 is 2.62 bits per heavy atom. The molecule has 0 aromatic heterocycles. The van der Waals surface area contributed by atoms with Crippen LogP contribution >= 0.6 is 0 Å². The maximum Gasteiger partial charge on any atom is 0.102 e. The molecule has 0 amide bonds. The standard InChI is InChI=1S/C13H25N3/c1-11-6-4-5-7-12(11)16(3)9-8-13(2,15)10-14/h11-12H,4-9,15H2,1-3H3. The first-order chi connectivity index (χ1) is 7.46. The number of hydrogen-bond donors (Lipinski definition) is 1. The minimum atomic E-state index is -0.674. The van der Waals surface area contributed by atoms with E-state index in [9.17, 15) is 0 Å². The molecular weight excluding hydrogens is 198 g/mol. The molecule has 3 nitrogen and oxygen atoms in total. The summed E-state index contributed by atoms with van der Waals surface area (Å²) >= 11 is 0. The molecule has 0 spiro atoms. The fourth-order valence-corrected chi connectivity index (χ4v) is 2.58. The normalized spacial score (nSPS) is 29.8. The van der Waals surface area contributed by atoms with Gasteiger partial charge in [0.05, 0.1) is 6.07 Å². The van der Waals surface area contributed by atoms with E-state index in [2.05, 4.69) is 24.9 Å². The third-order valence-electron chi connectivity index (χ3n) is 3.87. The average Bonchev–Trinajstić information content (AvgIpc) is 2.27. The van der Waals surface area contributed by atoms with E-state index in [1.165, 1.54) is 25.7 Å². The van der Waals surface area contributed by atoms with E-state index in [1.54, 1.807) is 0 Å². The SMILES string of the molecule is CC1CCCCC1N(C)CCC(C)(N)C#N. The van der Waals surface area contributed by atoms with Crippen molar-refractivity contribution in [3.63, 3.8) is 0 Å². The van der Waals surface area contributed by atoms with Gasteiger partial charge in [-0.3, -0.25) is 0 Å². The molecule has 92 valence electrons. The lowest BCUT2D eigenvalue weighted by Gasteiger charge is -2.37. The second kappa shape index (κ2) is 5.65. The van der Waals surface area contributed by atoms with Crippen molar-refractivity contribution in [2.45, 2.75) is 57.5 Å². The van der Waals surface area contributed by atoms with Crippen LogP contribution < -0.4 is 5.73 Å². The summed E-state index contributed by atoms with van der Waals surface area (Å²) in [5.74, 6) is 0.782. The smallest absolute Gasteiger partial charge is 0.102 e. The fraction of sp³-hybridized carbons (Fsp3) is 0.923. The molecule has 1 aliphatic carbocycles. The van der Waals surface area contributed by atoms with Crippen LogP contribution in [0.3, 0.4) is 0 Å². The van der Waals surface area contributed by atoms with Gasteiger partial charge in [-0.25, -0.2) is 0 Å². The summed E-state index contributed by atoms with van der Waals surface area (Å²) in [5.41, 5.74) is 5.17. The second-order valence-corrected chi connectivity index (χ2v) is 5.59. The lowest BCUT2D eigenvalue weighted by Crippen LogP contribution is -2.43. The molecule has 0 aromatic carbocycles. The molecule has 1 rings (SSSR count). The molecular formula is C13H25N3. The van der Waals surface area contributed by atoms with Crippen molar-refractivity contribution in [2.24, 2.45) is 11.7 Å². The third-order valence-corrected chi connectivity index (χ3v) is 3.87. The summed E-state index contributed by atoms with van der Waals surface area (Å²) in [6.07, 6.45) is 6.11. The molecule has 0 radical (unpaired) electrons. The lowest BCUT2D eigenvalue weighted by atomic mass is 9.85. The summed E-state index contributed by atoms with van der Waals surface area (Å²) in [6, 6.07) is 2.85. The van der Waals surface area contributed by atoms with Gasteiger partial charge in [0.1, 0.15) is 5.54 Å². The van der Waals surface area contributed by atoms with Gasteiger partial charge in [0.15, 0.2) is 0 Å². The number of hydrogen-bond acceptors (Lipinski definition) is 3. The van der Waals surface area contributed by atoms with E-state index in [1.807, 2.05) is 6.92 Å². The maximum absolute atomic E-state index is 8.88. The van der Waals surface area contributed by atoms with Crippen molar-refractivity contribution in [3.05, 3.63) is 0 Å². The largest absolute Gasteiger partial charge is 0.314 e. The highest BCUT2D eigenvalue weighted by Crippen LogP contribution is 2.27. The molecule has 3 unspecified atom stereocenters. The molecule has 3 heteroatoms. The van der Waals surface area contributed by atoms with Crippen molar-refractivity contribution in [3.8, 4) is 6.07 Å². The molecule has 0 heterocycles. The zero-order chi connectivity index (χ0) is 12.2. The van der Waals surface area contributed by atoms with Gasteiger partial charge in [0, 0.05) is 12.6 Å². The van der Waals surface area contributed by atoms with E-state index >= 15 is 0 Å². The predicted octanol–water partition coefficient (Wildman–Crippen LogP) is 2.13. The highest BCUT2D eigenvalue weighted by atomic mass is 15.1. The van der Waals surface area contributed by atoms with Gasteiger partial charge in [0.25, 0.3) is 0 Å². The second-order valence-electron chi connectivity index (χ2n) is 5.59. The van der Waals surface area contributed by atoms with E-state index < -0.39 is 5.54 Å². The molecule has 1 saturated carbocycles.